The third-order valence-corrected chi connectivity index (χ3v) is 5.14. The van der Waals surface area contributed by atoms with Gasteiger partial charge >= 0.3 is 5.97 Å². The molecule has 2 aromatic rings. The number of anilines is 1. The van der Waals surface area contributed by atoms with Crippen LogP contribution in [0.1, 0.15) is 55.5 Å². The van der Waals surface area contributed by atoms with Gasteiger partial charge in [0.1, 0.15) is 0 Å². The second kappa shape index (κ2) is 8.55. The van der Waals surface area contributed by atoms with Crippen LogP contribution in [0, 0.1) is 20.8 Å². The number of ether oxygens (including phenoxy) is 2. The highest BCUT2D eigenvalue weighted by Gasteiger charge is 2.34. The molecule has 6 heteroatoms. The van der Waals surface area contributed by atoms with Gasteiger partial charge in [-0.1, -0.05) is 29.8 Å². The van der Waals surface area contributed by atoms with Gasteiger partial charge in [0.25, 0.3) is 0 Å². The van der Waals surface area contributed by atoms with E-state index in [0.717, 1.165) is 22.3 Å². The van der Waals surface area contributed by atoms with E-state index in [9.17, 15) is 14.7 Å². The number of fused-ring (bicyclic) bond motifs is 1. The highest BCUT2D eigenvalue weighted by Crippen LogP contribution is 2.46. The normalized spacial score (nSPS) is 14.7. The molecule has 0 saturated carbocycles. The molecule has 1 aliphatic heterocycles. The van der Waals surface area contributed by atoms with Gasteiger partial charge in [0, 0.05) is 17.5 Å². The third-order valence-electron chi connectivity index (χ3n) is 5.14. The smallest absolute Gasteiger partial charge is 0.337 e. The summed E-state index contributed by atoms with van der Waals surface area (Å²) >= 11 is 0. The molecule has 0 radical (unpaired) electrons. The molecule has 0 saturated heterocycles. The van der Waals surface area contributed by atoms with E-state index < -0.39 is 17.7 Å². The second-order valence-electron chi connectivity index (χ2n) is 8.80. The molecule has 0 bridgehead atoms. The van der Waals surface area contributed by atoms with Crippen LogP contribution in [0.5, 0.6) is 5.75 Å². The molecule has 2 N–H and O–H groups in total. The molecule has 0 spiro atoms. The molecule has 0 fully saturated rings. The lowest BCUT2D eigenvalue weighted by atomic mass is 9.86. The molecule has 31 heavy (non-hydrogen) atoms. The first-order valence-electron chi connectivity index (χ1n) is 10.3. The maximum Gasteiger partial charge on any atom is 0.337 e. The van der Waals surface area contributed by atoms with Crippen molar-refractivity contribution >= 4 is 17.6 Å². The molecule has 2 aromatic carbocycles. The Bertz CT molecular complexity index is 1050. The van der Waals surface area contributed by atoms with Crippen LogP contribution in [0.4, 0.5) is 5.69 Å². The standard InChI is InChI=1S/C25H29NO5/c1-14-9-11-17(12-10-14)19-16(3)22-21(26-18(27)8-7-13-30-22)15(2)20(19)23(24(28)29)31-25(4,5)6/h7,9-13,23H,8H2,1-6H3,(H,26,27)(H,28,29)/t23-/m0/s1. The van der Waals surface area contributed by atoms with Gasteiger partial charge in [-0.25, -0.2) is 4.79 Å². The van der Waals surface area contributed by atoms with Crippen molar-refractivity contribution in [3.8, 4) is 16.9 Å². The summed E-state index contributed by atoms with van der Waals surface area (Å²) in [6.07, 6.45) is 2.10. The highest BCUT2D eigenvalue weighted by molar-refractivity contribution is 5.97. The van der Waals surface area contributed by atoms with Crippen molar-refractivity contribution in [1.29, 1.82) is 0 Å². The van der Waals surface area contributed by atoms with Crippen LogP contribution in [0.25, 0.3) is 11.1 Å². The lowest BCUT2D eigenvalue weighted by Crippen LogP contribution is -2.29. The molecule has 164 valence electrons. The number of nitrogens with one attached hydrogen (secondary N) is 1. The monoisotopic (exact) mass is 423 g/mol. The van der Waals surface area contributed by atoms with E-state index in [-0.39, 0.29) is 12.3 Å². The number of benzene rings is 2. The zero-order valence-corrected chi connectivity index (χ0v) is 18.8. The van der Waals surface area contributed by atoms with Gasteiger partial charge in [-0.3, -0.25) is 4.79 Å². The van der Waals surface area contributed by atoms with Crippen molar-refractivity contribution in [2.75, 3.05) is 5.32 Å². The van der Waals surface area contributed by atoms with Crippen LogP contribution >= 0.6 is 0 Å². The molecule has 1 aliphatic rings. The first-order chi connectivity index (χ1) is 14.5. The molecule has 3 rings (SSSR count). The number of carboxylic acids is 1. The quantitative estimate of drug-likeness (QED) is 0.683. The van der Waals surface area contributed by atoms with E-state index in [1.807, 2.05) is 58.9 Å². The molecule has 0 aromatic heterocycles. The fraction of sp³-hybridized carbons (Fsp3) is 0.360. The minimum atomic E-state index is -1.22. The van der Waals surface area contributed by atoms with Crippen molar-refractivity contribution in [2.24, 2.45) is 0 Å². The van der Waals surface area contributed by atoms with E-state index in [2.05, 4.69) is 5.32 Å². The number of carbonyl (C=O) groups excluding carboxylic acids is 1. The predicted molar refractivity (Wildman–Crippen MR) is 120 cm³/mol. The minimum Gasteiger partial charge on any atom is -0.479 e. The Labute approximate surface area is 182 Å². The predicted octanol–water partition coefficient (Wildman–Crippen LogP) is 5.45. The molecule has 0 unspecified atom stereocenters. The number of hydrogen-bond acceptors (Lipinski definition) is 4. The fourth-order valence-electron chi connectivity index (χ4n) is 3.76. The Kier molecular flexibility index (Phi) is 6.23. The zero-order valence-electron chi connectivity index (χ0n) is 18.8. The van der Waals surface area contributed by atoms with E-state index in [4.69, 9.17) is 9.47 Å². The first kappa shape index (κ1) is 22.6. The Morgan fingerprint density at radius 1 is 1.13 bits per heavy atom. The number of carboxylic acid groups (broad SMARTS) is 1. The first-order valence-corrected chi connectivity index (χ1v) is 10.3. The minimum absolute atomic E-state index is 0.174. The molecular formula is C25H29NO5. The third kappa shape index (κ3) is 4.80. The molecule has 1 amide bonds. The number of aryl methyl sites for hydroxylation is 1. The second-order valence-corrected chi connectivity index (χ2v) is 8.80. The van der Waals surface area contributed by atoms with Crippen molar-refractivity contribution < 1.29 is 24.2 Å². The van der Waals surface area contributed by atoms with Crippen LogP contribution in [-0.2, 0) is 14.3 Å². The average molecular weight is 424 g/mol. The Balaban J connectivity index is 2.39. The average Bonchev–Trinajstić information content (AvgIpc) is 2.66. The zero-order chi connectivity index (χ0) is 22.9. The van der Waals surface area contributed by atoms with Crippen LogP contribution in [-0.4, -0.2) is 22.6 Å². The van der Waals surface area contributed by atoms with Crippen molar-refractivity contribution in [1.82, 2.24) is 0 Å². The topological polar surface area (TPSA) is 84.9 Å². The van der Waals surface area contributed by atoms with Crippen LogP contribution in [0.3, 0.4) is 0 Å². The number of hydrogen-bond donors (Lipinski definition) is 2. The molecule has 6 nitrogen and oxygen atoms in total. The number of rotatable bonds is 4. The maximum absolute atomic E-state index is 12.4. The van der Waals surface area contributed by atoms with Gasteiger partial charge in [0.15, 0.2) is 11.9 Å². The number of aliphatic carboxylic acids is 1. The fourth-order valence-corrected chi connectivity index (χ4v) is 3.76. The summed E-state index contributed by atoms with van der Waals surface area (Å²) in [5, 5.41) is 13.0. The van der Waals surface area contributed by atoms with Crippen molar-refractivity contribution in [3.05, 3.63) is 58.9 Å². The van der Waals surface area contributed by atoms with Gasteiger partial charge in [0.2, 0.25) is 5.91 Å². The molecule has 1 heterocycles. The summed E-state index contributed by atoms with van der Waals surface area (Å²) in [6.45, 7) is 11.1. The Morgan fingerprint density at radius 2 is 1.77 bits per heavy atom. The van der Waals surface area contributed by atoms with Gasteiger partial charge in [0.05, 0.1) is 17.6 Å². The largest absolute Gasteiger partial charge is 0.479 e. The van der Waals surface area contributed by atoms with Crippen LogP contribution < -0.4 is 10.1 Å². The lowest BCUT2D eigenvalue weighted by Gasteiger charge is -2.30. The van der Waals surface area contributed by atoms with Crippen LogP contribution in [0.2, 0.25) is 0 Å². The summed E-state index contributed by atoms with van der Waals surface area (Å²) in [5.41, 5.74) is 4.31. The Hall–Kier alpha value is -3.12. The van der Waals surface area contributed by atoms with Gasteiger partial charge in [-0.15, -0.1) is 0 Å². The number of carbonyl (C=O) groups is 2. The van der Waals surface area contributed by atoms with Gasteiger partial charge < -0.3 is 19.9 Å². The summed E-state index contributed by atoms with van der Waals surface area (Å²) in [5.74, 6) is -0.786. The summed E-state index contributed by atoms with van der Waals surface area (Å²) in [6, 6.07) is 7.88. The van der Waals surface area contributed by atoms with E-state index in [0.29, 0.717) is 22.6 Å². The molecule has 1 atom stereocenters. The van der Waals surface area contributed by atoms with E-state index in [1.54, 1.807) is 13.0 Å². The number of amides is 1. The maximum atomic E-state index is 12.4. The SMILES string of the molecule is Cc1ccc(-c2c(C)c3c(c(C)c2[C@H](OC(C)(C)C)C(=O)O)NC(=O)CC=CO3)cc1. The molecule has 0 aliphatic carbocycles. The summed E-state index contributed by atoms with van der Waals surface area (Å²) in [4.78, 5) is 24.7. The highest BCUT2D eigenvalue weighted by atomic mass is 16.5. The Morgan fingerprint density at radius 3 is 2.35 bits per heavy atom. The van der Waals surface area contributed by atoms with E-state index >= 15 is 0 Å². The van der Waals surface area contributed by atoms with Gasteiger partial charge in [-0.2, -0.15) is 0 Å². The van der Waals surface area contributed by atoms with Crippen molar-refractivity contribution in [3.63, 3.8) is 0 Å². The molecular weight excluding hydrogens is 394 g/mol. The summed E-state index contributed by atoms with van der Waals surface area (Å²) in [7, 11) is 0. The van der Waals surface area contributed by atoms with Crippen LogP contribution in [0.15, 0.2) is 36.6 Å². The summed E-state index contributed by atoms with van der Waals surface area (Å²) < 4.78 is 11.9. The van der Waals surface area contributed by atoms with E-state index in [1.165, 1.54) is 6.26 Å². The lowest BCUT2D eigenvalue weighted by molar-refractivity contribution is -0.160. The van der Waals surface area contributed by atoms with Gasteiger partial charge in [-0.05, 0) is 64.3 Å². The van der Waals surface area contributed by atoms with Crippen molar-refractivity contribution in [2.45, 2.75) is 59.7 Å².